The Bertz CT molecular complexity index is 709. The maximum absolute atomic E-state index is 12.2. The Kier molecular flexibility index (Phi) is 4.97. The lowest BCUT2D eigenvalue weighted by Gasteiger charge is -2.07. The number of rotatable bonds is 3. The molecule has 1 aromatic carbocycles. The van der Waals surface area contributed by atoms with Crippen molar-refractivity contribution in [3.8, 4) is 0 Å². The van der Waals surface area contributed by atoms with E-state index in [0.717, 1.165) is 17.4 Å². The van der Waals surface area contributed by atoms with E-state index >= 15 is 0 Å². The first-order valence-electron chi connectivity index (χ1n) is 5.03. The average Bonchev–Trinajstić information content (AvgIpc) is 2.65. The van der Waals surface area contributed by atoms with Gasteiger partial charge in [-0.1, -0.05) is 0 Å². The van der Waals surface area contributed by atoms with Crippen LogP contribution in [0.4, 0.5) is 5.69 Å². The van der Waals surface area contributed by atoms with E-state index in [1.165, 1.54) is 11.3 Å². The van der Waals surface area contributed by atoms with E-state index in [4.69, 9.17) is 0 Å². The predicted octanol–water partition coefficient (Wildman–Crippen LogP) is 4.99. The molecule has 0 aliphatic heterocycles. The van der Waals surface area contributed by atoms with Gasteiger partial charge in [0.2, 0.25) is 0 Å². The van der Waals surface area contributed by atoms with Gasteiger partial charge in [0.05, 0.1) is 9.47 Å². The van der Waals surface area contributed by atoms with Crippen LogP contribution in [0.2, 0.25) is 0 Å². The molecule has 102 valence electrons. The van der Waals surface area contributed by atoms with Gasteiger partial charge in [0.1, 0.15) is 4.21 Å². The fourth-order valence-electron chi connectivity index (χ4n) is 1.33. The van der Waals surface area contributed by atoms with Crippen LogP contribution in [-0.4, -0.2) is 8.42 Å². The minimum absolute atomic E-state index is 0.298. The van der Waals surface area contributed by atoms with Crippen LogP contribution in [0.1, 0.15) is 5.56 Å². The quantitative estimate of drug-likeness (QED) is 0.562. The molecule has 0 radical (unpaired) electrons. The lowest BCUT2D eigenvalue weighted by atomic mass is 10.3. The highest BCUT2D eigenvalue weighted by molar-refractivity contribution is 14.1. The second kappa shape index (κ2) is 6.00. The van der Waals surface area contributed by atoms with Crippen LogP contribution < -0.4 is 4.72 Å². The molecule has 0 atom stereocenters. The lowest BCUT2D eigenvalue weighted by Crippen LogP contribution is -2.11. The summed E-state index contributed by atoms with van der Waals surface area (Å²) in [7, 11) is -3.53. The van der Waals surface area contributed by atoms with Crippen molar-refractivity contribution >= 4 is 81.5 Å². The van der Waals surface area contributed by atoms with Crippen molar-refractivity contribution in [2.24, 2.45) is 0 Å². The smallest absolute Gasteiger partial charge is 0.271 e. The SMILES string of the molecule is Cc1cc(S(=O)(=O)Nc2ccc(I)c(Br)c2)sc1Br. The number of sulfonamides is 1. The summed E-state index contributed by atoms with van der Waals surface area (Å²) in [6.45, 7) is 1.86. The van der Waals surface area contributed by atoms with Gasteiger partial charge in [0.25, 0.3) is 10.0 Å². The molecule has 0 saturated heterocycles. The summed E-state index contributed by atoms with van der Waals surface area (Å²) in [5, 5.41) is 0. The Morgan fingerprint density at radius 1 is 1.26 bits per heavy atom. The summed E-state index contributed by atoms with van der Waals surface area (Å²) in [4.78, 5) is 0. The van der Waals surface area contributed by atoms with E-state index in [0.29, 0.717) is 9.90 Å². The topological polar surface area (TPSA) is 46.2 Å². The van der Waals surface area contributed by atoms with Gasteiger partial charge in [-0.3, -0.25) is 4.72 Å². The Balaban J connectivity index is 2.33. The Hall–Kier alpha value is 0.360. The molecule has 19 heavy (non-hydrogen) atoms. The highest BCUT2D eigenvalue weighted by atomic mass is 127. The average molecular weight is 537 g/mol. The fourth-order valence-corrected chi connectivity index (χ4v) is 5.32. The van der Waals surface area contributed by atoms with Crippen LogP contribution in [0.3, 0.4) is 0 Å². The second-order valence-electron chi connectivity index (χ2n) is 3.76. The maximum atomic E-state index is 12.2. The number of hydrogen-bond donors (Lipinski definition) is 1. The third kappa shape index (κ3) is 3.72. The maximum Gasteiger partial charge on any atom is 0.271 e. The van der Waals surface area contributed by atoms with E-state index in [9.17, 15) is 8.42 Å². The highest BCUT2D eigenvalue weighted by Crippen LogP contribution is 2.32. The number of anilines is 1. The number of halogens is 3. The van der Waals surface area contributed by atoms with E-state index < -0.39 is 10.0 Å². The van der Waals surface area contributed by atoms with Gasteiger partial charge >= 0.3 is 0 Å². The fraction of sp³-hybridized carbons (Fsp3) is 0.0909. The van der Waals surface area contributed by atoms with Gasteiger partial charge in [-0.2, -0.15) is 0 Å². The van der Waals surface area contributed by atoms with E-state index in [2.05, 4.69) is 59.2 Å². The summed E-state index contributed by atoms with van der Waals surface area (Å²) in [5.74, 6) is 0. The number of hydrogen-bond acceptors (Lipinski definition) is 3. The van der Waals surface area contributed by atoms with E-state index in [1.54, 1.807) is 18.2 Å². The molecule has 0 fully saturated rings. The molecule has 0 unspecified atom stereocenters. The van der Waals surface area contributed by atoms with E-state index in [-0.39, 0.29) is 0 Å². The first kappa shape index (κ1) is 15.7. The molecular weight excluding hydrogens is 529 g/mol. The lowest BCUT2D eigenvalue weighted by molar-refractivity contribution is 0.603. The van der Waals surface area contributed by atoms with Gasteiger partial charge in [-0.25, -0.2) is 8.42 Å². The molecule has 1 aromatic heterocycles. The minimum Gasteiger partial charge on any atom is -0.279 e. The van der Waals surface area contributed by atoms with Crippen LogP contribution in [0.25, 0.3) is 0 Å². The molecule has 2 rings (SSSR count). The molecule has 1 heterocycles. The number of aryl methyl sites for hydroxylation is 1. The summed E-state index contributed by atoms with van der Waals surface area (Å²) in [6, 6.07) is 6.98. The molecule has 0 aliphatic carbocycles. The van der Waals surface area contributed by atoms with Crippen molar-refractivity contribution in [2.75, 3.05) is 4.72 Å². The van der Waals surface area contributed by atoms with Crippen molar-refractivity contribution in [1.29, 1.82) is 0 Å². The molecule has 1 N–H and O–H groups in total. The van der Waals surface area contributed by atoms with Crippen molar-refractivity contribution in [3.63, 3.8) is 0 Å². The number of benzene rings is 1. The zero-order chi connectivity index (χ0) is 14.2. The van der Waals surface area contributed by atoms with Crippen LogP contribution >= 0.6 is 65.8 Å². The zero-order valence-corrected chi connectivity index (χ0v) is 16.5. The predicted molar refractivity (Wildman–Crippen MR) is 94.4 cm³/mol. The first-order chi connectivity index (χ1) is 8.79. The monoisotopic (exact) mass is 535 g/mol. The molecule has 0 bridgehead atoms. The molecule has 2 aromatic rings. The minimum atomic E-state index is -3.53. The zero-order valence-electron chi connectivity index (χ0n) is 9.58. The highest BCUT2D eigenvalue weighted by Gasteiger charge is 2.18. The molecule has 0 amide bonds. The number of thiophene rings is 1. The van der Waals surface area contributed by atoms with Gasteiger partial charge in [-0.05, 0) is 91.2 Å². The van der Waals surface area contributed by atoms with Crippen LogP contribution in [0.15, 0.2) is 36.7 Å². The van der Waals surface area contributed by atoms with Crippen molar-refractivity contribution in [3.05, 3.63) is 41.7 Å². The van der Waals surface area contributed by atoms with Crippen LogP contribution in [-0.2, 0) is 10.0 Å². The summed E-state index contributed by atoms with van der Waals surface area (Å²) in [5.41, 5.74) is 1.45. The third-order valence-corrected chi connectivity index (χ3v) is 8.60. The van der Waals surface area contributed by atoms with Crippen molar-refractivity contribution < 1.29 is 8.42 Å². The molecular formula is C11H8Br2INO2S2. The molecule has 0 aliphatic rings. The summed E-state index contributed by atoms with van der Waals surface area (Å²) < 4.78 is 30.0. The molecule has 0 spiro atoms. The first-order valence-corrected chi connectivity index (χ1v) is 10.00. The summed E-state index contributed by atoms with van der Waals surface area (Å²) in [6.07, 6.45) is 0. The number of nitrogens with one attached hydrogen (secondary N) is 1. The molecule has 0 saturated carbocycles. The molecule has 3 nitrogen and oxygen atoms in total. The summed E-state index contributed by atoms with van der Waals surface area (Å²) >= 11 is 10.1. The standard InChI is InChI=1S/C11H8Br2INO2S2/c1-6-4-10(18-11(6)13)19(16,17)15-7-2-3-9(14)8(12)5-7/h2-5,15H,1H3. The van der Waals surface area contributed by atoms with Gasteiger partial charge in [0, 0.05) is 8.04 Å². The van der Waals surface area contributed by atoms with Crippen molar-refractivity contribution in [2.45, 2.75) is 11.1 Å². The van der Waals surface area contributed by atoms with Crippen LogP contribution in [0.5, 0.6) is 0 Å². The normalized spacial score (nSPS) is 11.6. The third-order valence-electron chi connectivity index (χ3n) is 2.27. The van der Waals surface area contributed by atoms with Crippen molar-refractivity contribution in [1.82, 2.24) is 0 Å². The molecule has 8 heteroatoms. The largest absolute Gasteiger partial charge is 0.279 e. The Morgan fingerprint density at radius 3 is 2.47 bits per heavy atom. The van der Waals surface area contributed by atoms with Gasteiger partial charge in [0.15, 0.2) is 0 Å². The van der Waals surface area contributed by atoms with Crippen LogP contribution in [0, 0.1) is 10.5 Å². The Labute approximate surface area is 146 Å². The van der Waals surface area contributed by atoms with Gasteiger partial charge < -0.3 is 0 Å². The second-order valence-corrected chi connectivity index (χ2v) is 10.1. The van der Waals surface area contributed by atoms with Gasteiger partial charge in [-0.15, -0.1) is 11.3 Å². The Morgan fingerprint density at radius 2 is 1.95 bits per heavy atom. The van der Waals surface area contributed by atoms with E-state index in [1.807, 2.05) is 13.0 Å².